The van der Waals surface area contributed by atoms with E-state index in [1.165, 1.54) is 13.0 Å². The van der Waals surface area contributed by atoms with Gasteiger partial charge in [0.25, 0.3) is 15.9 Å². The molecule has 9 heteroatoms. The molecule has 0 saturated heterocycles. The van der Waals surface area contributed by atoms with Gasteiger partial charge in [-0.25, -0.2) is 13.2 Å². The average Bonchev–Trinajstić information content (AvgIpc) is 2.66. The van der Waals surface area contributed by atoms with Crippen molar-refractivity contribution in [3.8, 4) is 0 Å². The van der Waals surface area contributed by atoms with Crippen LogP contribution in [0, 0.1) is 0 Å². The number of esters is 1. The van der Waals surface area contributed by atoms with Crippen LogP contribution in [0.5, 0.6) is 0 Å². The number of nitrogens with zero attached hydrogens (tertiary/aromatic N) is 2. The molecule has 8 nitrogen and oxygen atoms in total. The SMILES string of the molecule is CC(C)c1ccccc1NC(=O)[C@H](C)OC(=O)C1=CC=CN2CCS(=O)(=O)N=C12. The molecule has 2 aliphatic heterocycles. The molecule has 0 bridgehead atoms. The molecule has 0 aromatic heterocycles. The number of ether oxygens (including phenoxy) is 1. The maximum absolute atomic E-state index is 12.6. The number of benzene rings is 1. The number of hydrogen-bond donors (Lipinski definition) is 1. The average molecular weight is 417 g/mol. The Kier molecular flexibility index (Phi) is 5.88. The van der Waals surface area contributed by atoms with E-state index in [9.17, 15) is 18.0 Å². The lowest BCUT2D eigenvalue weighted by atomic mass is 10.0. The molecule has 154 valence electrons. The van der Waals surface area contributed by atoms with Crippen molar-refractivity contribution in [3.05, 3.63) is 53.8 Å². The van der Waals surface area contributed by atoms with Gasteiger partial charge in [0.05, 0.1) is 5.75 Å². The van der Waals surface area contributed by atoms with E-state index in [2.05, 4.69) is 9.71 Å². The lowest BCUT2D eigenvalue weighted by Gasteiger charge is -2.28. The molecule has 29 heavy (non-hydrogen) atoms. The van der Waals surface area contributed by atoms with Crippen LogP contribution < -0.4 is 5.32 Å². The van der Waals surface area contributed by atoms with Gasteiger partial charge in [0.2, 0.25) is 0 Å². The van der Waals surface area contributed by atoms with Crippen molar-refractivity contribution in [2.45, 2.75) is 32.8 Å². The summed E-state index contributed by atoms with van der Waals surface area (Å²) in [7, 11) is -3.63. The van der Waals surface area contributed by atoms with Crippen LogP contribution in [0.3, 0.4) is 0 Å². The van der Waals surface area contributed by atoms with Gasteiger partial charge in [-0.15, -0.1) is 4.40 Å². The number of fused-ring (bicyclic) bond motifs is 1. The van der Waals surface area contributed by atoms with E-state index < -0.39 is 28.0 Å². The summed E-state index contributed by atoms with van der Waals surface area (Å²) in [6.45, 7) is 5.69. The third-order valence-electron chi connectivity index (χ3n) is 4.57. The summed E-state index contributed by atoms with van der Waals surface area (Å²) in [4.78, 5) is 26.7. The number of carbonyl (C=O) groups excluding carboxylic acids is 2. The maximum atomic E-state index is 12.6. The van der Waals surface area contributed by atoms with E-state index in [0.29, 0.717) is 5.69 Å². The smallest absolute Gasteiger partial charge is 0.342 e. The molecule has 0 fully saturated rings. The van der Waals surface area contributed by atoms with Gasteiger partial charge in [0.1, 0.15) is 5.57 Å². The van der Waals surface area contributed by atoms with Crippen LogP contribution in [0.2, 0.25) is 0 Å². The van der Waals surface area contributed by atoms with Crippen molar-refractivity contribution in [1.29, 1.82) is 0 Å². The second-order valence-electron chi connectivity index (χ2n) is 7.09. The first-order chi connectivity index (χ1) is 13.7. The summed E-state index contributed by atoms with van der Waals surface area (Å²) in [5.74, 6) is -1.19. The summed E-state index contributed by atoms with van der Waals surface area (Å²) in [5.41, 5.74) is 1.62. The Balaban J connectivity index is 1.72. The van der Waals surface area contributed by atoms with Crippen LogP contribution >= 0.6 is 0 Å². The van der Waals surface area contributed by atoms with E-state index in [1.54, 1.807) is 23.2 Å². The Bertz CT molecular complexity index is 1020. The minimum atomic E-state index is -3.63. The molecule has 1 aromatic carbocycles. The number of rotatable bonds is 5. The fourth-order valence-electron chi connectivity index (χ4n) is 3.00. The highest BCUT2D eigenvalue weighted by atomic mass is 32.2. The molecule has 0 saturated carbocycles. The highest BCUT2D eigenvalue weighted by molar-refractivity contribution is 7.90. The minimum absolute atomic E-state index is 0.00185. The Hall–Kier alpha value is -2.94. The Morgan fingerprint density at radius 3 is 2.66 bits per heavy atom. The van der Waals surface area contributed by atoms with Gasteiger partial charge in [0.15, 0.2) is 11.9 Å². The minimum Gasteiger partial charge on any atom is -0.449 e. The predicted octanol–water partition coefficient (Wildman–Crippen LogP) is 2.18. The van der Waals surface area contributed by atoms with Gasteiger partial charge >= 0.3 is 5.97 Å². The summed E-state index contributed by atoms with van der Waals surface area (Å²) in [6, 6.07) is 7.41. The highest BCUT2D eigenvalue weighted by Gasteiger charge is 2.32. The Labute approximate surface area is 170 Å². The number of sulfonamides is 1. The standard InChI is InChI=1S/C20H23N3O5S/c1-13(2)15-7-4-5-9-17(15)21-19(24)14(3)28-20(25)16-8-6-10-23-11-12-29(26,27)22-18(16)23/h4-10,13-14H,11-12H2,1-3H3,(H,21,24)/t14-/m0/s1. The first-order valence-electron chi connectivity index (χ1n) is 9.27. The highest BCUT2D eigenvalue weighted by Crippen LogP contribution is 2.24. The monoisotopic (exact) mass is 417 g/mol. The third-order valence-corrected chi connectivity index (χ3v) is 5.72. The first kappa shape index (κ1) is 20.8. The van der Waals surface area contributed by atoms with Gasteiger partial charge in [-0.3, -0.25) is 4.79 Å². The number of para-hydroxylation sites is 1. The summed E-state index contributed by atoms with van der Waals surface area (Å²) in [6.07, 6.45) is 3.60. The van der Waals surface area contributed by atoms with Gasteiger partial charge < -0.3 is 15.0 Å². The summed E-state index contributed by atoms with van der Waals surface area (Å²) < 4.78 is 32.6. The van der Waals surface area contributed by atoms with Crippen molar-refractivity contribution in [2.24, 2.45) is 4.40 Å². The molecule has 0 aliphatic carbocycles. The lowest BCUT2D eigenvalue weighted by Crippen LogP contribution is -2.41. The molecule has 1 N–H and O–H groups in total. The Morgan fingerprint density at radius 1 is 1.21 bits per heavy atom. The van der Waals surface area contributed by atoms with Gasteiger partial charge in [-0.1, -0.05) is 32.0 Å². The molecule has 0 spiro atoms. The second kappa shape index (κ2) is 8.20. The maximum Gasteiger partial charge on any atom is 0.342 e. The zero-order chi connectivity index (χ0) is 21.2. The Morgan fingerprint density at radius 2 is 1.93 bits per heavy atom. The number of allylic oxidation sites excluding steroid dienone is 2. The fourth-order valence-corrected chi connectivity index (χ4v) is 3.99. The molecular weight excluding hydrogens is 394 g/mol. The number of anilines is 1. The fraction of sp³-hybridized carbons (Fsp3) is 0.350. The van der Waals surface area contributed by atoms with Crippen LogP contribution in [0.15, 0.2) is 52.6 Å². The first-order valence-corrected chi connectivity index (χ1v) is 10.9. The van der Waals surface area contributed by atoms with Crippen LogP contribution in [-0.4, -0.2) is 49.4 Å². The molecular formula is C20H23N3O5S. The van der Waals surface area contributed by atoms with E-state index in [1.807, 2.05) is 32.0 Å². The topological polar surface area (TPSA) is 105 Å². The molecule has 0 unspecified atom stereocenters. The molecule has 1 amide bonds. The quantitative estimate of drug-likeness (QED) is 0.736. The van der Waals surface area contributed by atoms with Gasteiger partial charge in [-0.2, -0.15) is 0 Å². The number of hydrogen-bond acceptors (Lipinski definition) is 6. The van der Waals surface area contributed by atoms with E-state index in [4.69, 9.17) is 4.74 Å². The molecule has 1 aromatic rings. The molecule has 1 atom stereocenters. The molecule has 0 radical (unpaired) electrons. The zero-order valence-electron chi connectivity index (χ0n) is 16.5. The van der Waals surface area contributed by atoms with Crippen molar-refractivity contribution < 1.29 is 22.7 Å². The number of nitrogens with one attached hydrogen (secondary N) is 1. The van der Waals surface area contributed by atoms with Crippen LogP contribution in [-0.2, 0) is 24.3 Å². The van der Waals surface area contributed by atoms with Gasteiger partial charge in [0, 0.05) is 18.4 Å². The van der Waals surface area contributed by atoms with Crippen LogP contribution in [0.25, 0.3) is 0 Å². The zero-order valence-corrected chi connectivity index (χ0v) is 17.3. The summed E-state index contributed by atoms with van der Waals surface area (Å²) >= 11 is 0. The van der Waals surface area contributed by atoms with E-state index >= 15 is 0 Å². The van der Waals surface area contributed by atoms with Crippen LogP contribution in [0.4, 0.5) is 5.69 Å². The largest absolute Gasteiger partial charge is 0.449 e. The summed E-state index contributed by atoms with van der Waals surface area (Å²) in [5, 5.41) is 2.78. The van der Waals surface area contributed by atoms with Crippen molar-refractivity contribution >= 4 is 33.4 Å². The van der Waals surface area contributed by atoms with Crippen molar-refractivity contribution in [2.75, 3.05) is 17.6 Å². The molecule has 2 heterocycles. The van der Waals surface area contributed by atoms with Gasteiger partial charge in [-0.05, 0) is 36.6 Å². The van der Waals surface area contributed by atoms with Crippen LogP contribution in [0.1, 0.15) is 32.3 Å². The van der Waals surface area contributed by atoms with Crippen molar-refractivity contribution in [1.82, 2.24) is 4.90 Å². The molecule has 3 rings (SSSR count). The second-order valence-corrected chi connectivity index (χ2v) is 8.85. The van der Waals surface area contributed by atoms with E-state index in [0.717, 1.165) is 5.56 Å². The van der Waals surface area contributed by atoms with E-state index in [-0.39, 0.29) is 29.6 Å². The normalized spacial score (nSPS) is 18.4. The number of amidine groups is 1. The number of carbonyl (C=O) groups is 2. The third kappa shape index (κ3) is 4.73. The van der Waals surface area contributed by atoms with Crippen molar-refractivity contribution in [3.63, 3.8) is 0 Å². The predicted molar refractivity (Wildman–Crippen MR) is 110 cm³/mol. The number of amides is 1. The molecule has 2 aliphatic rings. The lowest BCUT2D eigenvalue weighted by molar-refractivity contribution is -0.148.